The van der Waals surface area contributed by atoms with Crippen molar-refractivity contribution in [3.8, 4) is 17.6 Å². The van der Waals surface area contributed by atoms with Crippen molar-refractivity contribution in [2.75, 3.05) is 19.5 Å². The highest BCUT2D eigenvalue weighted by molar-refractivity contribution is 6.00. The number of nitriles is 1. The van der Waals surface area contributed by atoms with E-state index in [-0.39, 0.29) is 5.91 Å². The highest BCUT2D eigenvalue weighted by Gasteiger charge is 2.50. The Hall–Kier alpha value is -2.22. The quantitative estimate of drug-likeness (QED) is 0.901. The number of benzene rings is 1. The van der Waals surface area contributed by atoms with Crippen LogP contribution in [0, 0.1) is 23.7 Å². The van der Waals surface area contributed by atoms with Crippen molar-refractivity contribution in [3.05, 3.63) is 17.7 Å². The minimum Gasteiger partial charge on any atom is -0.496 e. The molecule has 0 aliphatic heterocycles. The number of nitrogens with one attached hydrogen (secondary N) is 1. The molecule has 0 spiro atoms. The van der Waals surface area contributed by atoms with Crippen molar-refractivity contribution in [1.82, 2.24) is 0 Å². The lowest BCUT2D eigenvalue weighted by atomic mass is 10.1. The molecular weight excluding hydrogens is 244 g/mol. The fraction of sp³-hybridized carbons (Fsp3) is 0.429. The van der Waals surface area contributed by atoms with Crippen molar-refractivity contribution < 1.29 is 14.3 Å². The second-order valence-electron chi connectivity index (χ2n) is 4.67. The van der Waals surface area contributed by atoms with E-state index in [1.54, 1.807) is 19.2 Å². The normalized spacial score (nSPS) is 15.3. The number of aryl methyl sites for hydroxylation is 1. The summed E-state index contributed by atoms with van der Waals surface area (Å²) in [6.07, 6.45) is 1.22. The smallest absolute Gasteiger partial charge is 0.244 e. The van der Waals surface area contributed by atoms with Crippen LogP contribution < -0.4 is 14.8 Å². The summed E-state index contributed by atoms with van der Waals surface area (Å²) in [5.41, 5.74) is 0.582. The van der Waals surface area contributed by atoms with Crippen molar-refractivity contribution >= 4 is 11.6 Å². The van der Waals surface area contributed by atoms with E-state index >= 15 is 0 Å². The van der Waals surface area contributed by atoms with Gasteiger partial charge in [-0.1, -0.05) is 0 Å². The number of anilines is 1. The zero-order valence-corrected chi connectivity index (χ0v) is 11.2. The Labute approximate surface area is 112 Å². The van der Waals surface area contributed by atoms with Crippen molar-refractivity contribution in [1.29, 1.82) is 5.26 Å². The van der Waals surface area contributed by atoms with Gasteiger partial charge in [-0.25, -0.2) is 0 Å². The maximum Gasteiger partial charge on any atom is 0.244 e. The molecule has 1 saturated carbocycles. The van der Waals surface area contributed by atoms with Gasteiger partial charge in [0.05, 0.1) is 26.0 Å². The van der Waals surface area contributed by atoms with Crippen molar-refractivity contribution in [3.63, 3.8) is 0 Å². The first-order valence-electron chi connectivity index (χ1n) is 6.01. The van der Waals surface area contributed by atoms with E-state index in [0.717, 1.165) is 5.56 Å². The Bertz CT molecular complexity index is 557. The van der Waals surface area contributed by atoms with E-state index in [4.69, 9.17) is 14.7 Å². The summed E-state index contributed by atoms with van der Waals surface area (Å²) in [6, 6.07) is 5.57. The molecule has 0 aromatic heterocycles. The number of hydrogen-bond donors (Lipinski definition) is 1. The maximum absolute atomic E-state index is 12.1. The Morgan fingerprint density at radius 2 is 1.95 bits per heavy atom. The Morgan fingerprint density at radius 1 is 1.32 bits per heavy atom. The molecule has 100 valence electrons. The molecule has 1 amide bonds. The van der Waals surface area contributed by atoms with Crippen molar-refractivity contribution in [2.24, 2.45) is 5.41 Å². The van der Waals surface area contributed by atoms with Crippen LogP contribution in [-0.2, 0) is 4.79 Å². The van der Waals surface area contributed by atoms with Gasteiger partial charge < -0.3 is 14.8 Å². The minimum atomic E-state index is -0.858. The molecule has 0 atom stereocenters. The largest absolute Gasteiger partial charge is 0.496 e. The maximum atomic E-state index is 12.1. The molecule has 0 heterocycles. The van der Waals surface area contributed by atoms with E-state index in [2.05, 4.69) is 11.4 Å². The van der Waals surface area contributed by atoms with Gasteiger partial charge in [-0.2, -0.15) is 5.26 Å². The van der Waals surface area contributed by atoms with Crippen molar-refractivity contribution in [2.45, 2.75) is 19.8 Å². The lowest BCUT2D eigenvalue weighted by Crippen LogP contribution is -2.23. The van der Waals surface area contributed by atoms with Crippen LogP contribution >= 0.6 is 0 Å². The number of methoxy groups -OCH3 is 2. The predicted octanol–water partition coefficient (Wildman–Crippen LogP) is 2.25. The number of nitrogens with zero attached hydrogens (tertiary/aromatic N) is 1. The van der Waals surface area contributed by atoms with Gasteiger partial charge in [0.1, 0.15) is 16.9 Å². The number of carbonyl (C=O) groups excluding carboxylic acids is 1. The van der Waals surface area contributed by atoms with Crippen LogP contribution in [0.4, 0.5) is 5.69 Å². The van der Waals surface area contributed by atoms with Crippen LogP contribution in [0.5, 0.6) is 11.5 Å². The molecule has 5 heteroatoms. The monoisotopic (exact) mass is 260 g/mol. The third-order valence-corrected chi connectivity index (χ3v) is 3.36. The van der Waals surface area contributed by atoms with E-state index in [9.17, 15) is 4.79 Å². The summed E-state index contributed by atoms with van der Waals surface area (Å²) in [5.74, 6) is 0.942. The number of carbonyl (C=O) groups is 1. The molecule has 1 aromatic carbocycles. The summed E-state index contributed by atoms with van der Waals surface area (Å²) in [5, 5.41) is 11.8. The number of ether oxygens (including phenoxy) is 2. The first kappa shape index (κ1) is 13.2. The molecule has 5 nitrogen and oxygen atoms in total. The topological polar surface area (TPSA) is 71.3 Å². The zero-order chi connectivity index (χ0) is 14.0. The molecule has 1 N–H and O–H groups in total. The fourth-order valence-corrected chi connectivity index (χ4v) is 1.90. The standard InChI is InChI=1S/C14H16N2O3/c1-9-6-12(19-3)10(7-11(9)18-2)16-13(17)14(8-15)4-5-14/h6-7H,4-5H2,1-3H3,(H,16,17). The fourth-order valence-electron chi connectivity index (χ4n) is 1.90. The molecule has 0 radical (unpaired) electrons. The summed E-state index contributed by atoms with van der Waals surface area (Å²) in [7, 11) is 3.10. The summed E-state index contributed by atoms with van der Waals surface area (Å²) in [4.78, 5) is 12.1. The van der Waals surface area contributed by atoms with Crippen LogP contribution in [0.15, 0.2) is 12.1 Å². The van der Waals surface area contributed by atoms with Gasteiger partial charge in [-0.05, 0) is 31.4 Å². The van der Waals surface area contributed by atoms with Gasteiger partial charge in [0.15, 0.2) is 0 Å². The lowest BCUT2D eigenvalue weighted by Gasteiger charge is -2.15. The lowest BCUT2D eigenvalue weighted by molar-refractivity contribution is -0.119. The molecule has 0 bridgehead atoms. The second kappa shape index (κ2) is 4.81. The average molecular weight is 260 g/mol. The Morgan fingerprint density at radius 3 is 2.42 bits per heavy atom. The third kappa shape index (κ3) is 2.34. The first-order valence-corrected chi connectivity index (χ1v) is 6.01. The Balaban J connectivity index is 2.29. The average Bonchev–Trinajstić information content (AvgIpc) is 3.21. The van der Waals surface area contributed by atoms with Gasteiger partial charge >= 0.3 is 0 Å². The highest BCUT2D eigenvalue weighted by Crippen LogP contribution is 2.46. The number of rotatable bonds is 4. The van der Waals surface area contributed by atoms with Gasteiger partial charge in [-0.3, -0.25) is 4.79 Å². The van der Waals surface area contributed by atoms with Gasteiger partial charge in [0.2, 0.25) is 5.91 Å². The SMILES string of the molecule is COc1cc(NC(=O)C2(C#N)CC2)c(OC)cc1C. The first-order chi connectivity index (χ1) is 9.06. The molecule has 0 saturated heterocycles. The second-order valence-corrected chi connectivity index (χ2v) is 4.67. The van der Waals surface area contributed by atoms with Gasteiger partial charge in [-0.15, -0.1) is 0 Å². The van der Waals surface area contributed by atoms with Gasteiger partial charge in [0, 0.05) is 6.07 Å². The summed E-state index contributed by atoms with van der Waals surface area (Å²) >= 11 is 0. The molecule has 1 aliphatic carbocycles. The molecule has 1 aromatic rings. The summed E-state index contributed by atoms with van der Waals surface area (Å²) < 4.78 is 10.5. The van der Waals surface area contributed by atoms with Gasteiger partial charge in [0.25, 0.3) is 0 Å². The Kier molecular flexibility index (Phi) is 3.34. The number of hydrogen-bond acceptors (Lipinski definition) is 4. The van der Waals surface area contributed by atoms with E-state index in [1.165, 1.54) is 7.11 Å². The number of amides is 1. The highest BCUT2D eigenvalue weighted by atomic mass is 16.5. The minimum absolute atomic E-state index is 0.279. The van der Waals surface area contributed by atoms with Crippen LogP contribution in [0.25, 0.3) is 0 Å². The molecule has 0 unspecified atom stereocenters. The van der Waals surface area contributed by atoms with E-state index in [0.29, 0.717) is 30.0 Å². The van der Waals surface area contributed by atoms with E-state index in [1.807, 2.05) is 6.92 Å². The molecule has 2 rings (SSSR count). The van der Waals surface area contributed by atoms with Crippen LogP contribution in [0.2, 0.25) is 0 Å². The predicted molar refractivity (Wildman–Crippen MR) is 70.2 cm³/mol. The van der Waals surface area contributed by atoms with E-state index < -0.39 is 5.41 Å². The molecule has 19 heavy (non-hydrogen) atoms. The molecule has 1 aliphatic rings. The van der Waals surface area contributed by atoms with Crippen LogP contribution in [0.1, 0.15) is 18.4 Å². The summed E-state index contributed by atoms with van der Waals surface area (Å²) in [6.45, 7) is 1.89. The van der Waals surface area contributed by atoms with Crippen LogP contribution in [-0.4, -0.2) is 20.1 Å². The molecule has 1 fully saturated rings. The van der Waals surface area contributed by atoms with Crippen LogP contribution in [0.3, 0.4) is 0 Å². The zero-order valence-electron chi connectivity index (χ0n) is 11.2. The molecular formula is C14H16N2O3. The third-order valence-electron chi connectivity index (χ3n) is 3.36.